The van der Waals surface area contributed by atoms with Crippen molar-refractivity contribution in [1.82, 2.24) is 4.98 Å². The summed E-state index contributed by atoms with van der Waals surface area (Å²) in [5.74, 6) is -0.560. The van der Waals surface area contributed by atoms with Crippen LogP contribution >= 0.6 is 15.9 Å². The first kappa shape index (κ1) is 16.8. The Morgan fingerprint density at radius 2 is 1.46 bits per heavy atom. The third kappa shape index (κ3) is 2.40. The van der Waals surface area contributed by atoms with Crippen LogP contribution in [0.1, 0.15) is 47.9 Å². The molecule has 1 aromatic heterocycles. The van der Waals surface area contributed by atoms with E-state index in [4.69, 9.17) is 0 Å². The van der Waals surface area contributed by atoms with Gasteiger partial charge in [-0.2, -0.15) is 0 Å². The van der Waals surface area contributed by atoms with E-state index in [1.807, 2.05) is 0 Å². The molecule has 5 rings (SSSR count). The summed E-state index contributed by atoms with van der Waals surface area (Å²) in [6.45, 7) is 0. The van der Waals surface area contributed by atoms with E-state index in [0.717, 1.165) is 9.86 Å². The highest BCUT2D eigenvalue weighted by atomic mass is 79.9. The number of aromatic amines is 1. The molecule has 1 aliphatic carbocycles. The SMILES string of the molecule is O=C(c1ccc(Br)cc1)c1cc2ccc3c(c2[nH]1)C(=O)c1ccccc1C3=O. The number of carbonyl (C=O) groups is 3. The number of hydrogen-bond acceptors (Lipinski definition) is 3. The molecule has 1 N–H and O–H groups in total. The predicted octanol–water partition coefficient (Wildman–Crippen LogP) is 4.94. The van der Waals surface area contributed by atoms with Crippen molar-refractivity contribution in [3.63, 3.8) is 0 Å². The number of benzene rings is 3. The van der Waals surface area contributed by atoms with E-state index in [2.05, 4.69) is 20.9 Å². The van der Waals surface area contributed by atoms with Crippen molar-refractivity contribution in [2.75, 3.05) is 0 Å². The molecule has 28 heavy (non-hydrogen) atoms. The molecular formula is C23H12BrNO3. The summed E-state index contributed by atoms with van der Waals surface area (Å²) in [5.41, 5.74) is 2.93. The maximum Gasteiger partial charge on any atom is 0.209 e. The second-order valence-electron chi connectivity index (χ2n) is 6.68. The molecule has 5 heteroatoms. The van der Waals surface area contributed by atoms with E-state index in [9.17, 15) is 14.4 Å². The summed E-state index contributed by atoms with van der Waals surface area (Å²) in [6.07, 6.45) is 0. The van der Waals surface area contributed by atoms with E-state index in [1.54, 1.807) is 66.7 Å². The molecule has 0 radical (unpaired) electrons. The molecule has 0 unspecified atom stereocenters. The lowest BCUT2D eigenvalue weighted by Crippen LogP contribution is -2.21. The molecule has 4 nitrogen and oxygen atoms in total. The van der Waals surface area contributed by atoms with E-state index in [1.165, 1.54) is 0 Å². The van der Waals surface area contributed by atoms with Gasteiger partial charge in [-0.15, -0.1) is 0 Å². The minimum Gasteiger partial charge on any atom is -0.351 e. The first-order chi connectivity index (χ1) is 13.5. The van der Waals surface area contributed by atoms with Crippen molar-refractivity contribution in [2.24, 2.45) is 0 Å². The lowest BCUT2D eigenvalue weighted by atomic mass is 9.83. The van der Waals surface area contributed by atoms with Crippen molar-refractivity contribution in [1.29, 1.82) is 0 Å². The number of H-pyrrole nitrogens is 1. The molecule has 3 aromatic carbocycles. The Labute approximate surface area is 168 Å². The minimum atomic E-state index is -0.208. The van der Waals surface area contributed by atoms with Gasteiger partial charge in [-0.05, 0) is 36.4 Å². The van der Waals surface area contributed by atoms with Gasteiger partial charge in [0, 0.05) is 32.1 Å². The van der Waals surface area contributed by atoms with Gasteiger partial charge in [-0.1, -0.05) is 46.3 Å². The Kier molecular flexibility index (Phi) is 3.67. The molecule has 0 saturated heterocycles. The molecule has 0 atom stereocenters. The molecule has 1 heterocycles. The van der Waals surface area contributed by atoms with Gasteiger partial charge < -0.3 is 4.98 Å². The molecule has 0 aliphatic heterocycles. The zero-order chi connectivity index (χ0) is 19.4. The lowest BCUT2D eigenvalue weighted by molar-refractivity contribution is 0.0980. The van der Waals surface area contributed by atoms with Crippen LogP contribution in [0.4, 0.5) is 0 Å². The molecule has 0 saturated carbocycles. The normalized spacial score (nSPS) is 12.8. The van der Waals surface area contributed by atoms with Crippen LogP contribution in [0.2, 0.25) is 0 Å². The summed E-state index contributed by atoms with van der Waals surface area (Å²) in [7, 11) is 0. The highest BCUT2D eigenvalue weighted by Crippen LogP contribution is 2.33. The van der Waals surface area contributed by atoms with Crippen LogP contribution < -0.4 is 0 Å². The highest BCUT2D eigenvalue weighted by Gasteiger charge is 2.31. The number of aromatic nitrogens is 1. The van der Waals surface area contributed by atoms with Gasteiger partial charge >= 0.3 is 0 Å². The van der Waals surface area contributed by atoms with Crippen LogP contribution in [0, 0.1) is 0 Å². The van der Waals surface area contributed by atoms with E-state index >= 15 is 0 Å². The maximum atomic E-state index is 13.1. The second kappa shape index (κ2) is 6.11. The highest BCUT2D eigenvalue weighted by molar-refractivity contribution is 9.10. The van der Waals surface area contributed by atoms with Crippen molar-refractivity contribution >= 4 is 44.2 Å². The average molecular weight is 430 g/mol. The maximum absolute atomic E-state index is 13.1. The molecule has 0 amide bonds. The first-order valence-corrected chi connectivity index (χ1v) is 9.48. The number of rotatable bonds is 2. The van der Waals surface area contributed by atoms with Gasteiger partial charge in [0.05, 0.1) is 16.8 Å². The number of nitrogens with one attached hydrogen (secondary N) is 1. The zero-order valence-corrected chi connectivity index (χ0v) is 16.0. The first-order valence-electron chi connectivity index (χ1n) is 8.69. The van der Waals surface area contributed by atoms with Crippen LogP contribution in [-0.4, -0.2) is 22.3 Å². The molecule has 134 valence electrons. The monoisotopic (exact) mass is 429 g/mol. The quantitative estimate of drug-likeness (QED) is 0.404. The molecule has 0 fully saturated rings. The number of fused-ring (bicyclic) bond motifs is 4. The lowest BCUT2D eigenvalue weighted by Gasteiger charge is -2.17. The van der Waals surface area contributed by atoms with Crippen LogP contribution in [0.15, 0.2) is 71.2 Å². The van der Waals surface area contributed by atoms with Crippen LogP contribution in [0.5, 0.6) is 0 Å². The Hall–Kier alpha value is -3.31. The Morgan fingerprint density at radius 3 is 2.18 bits per heavy atom. The summed E-state index contributed by atoms with van der Waals surface area (Å²) in [4.78, 5) is 41.9. The van der Waals surface area contributed by atoms with Gasteiger partial charge in [0.15, 0.2) is 11.6 Å². The number of hydrogen-bond donors (Lipinski definition) is 1. The number of ketones is 3. The van der Waals surface area contributed by atoms with Gasteiger partial charge in [0.25, 0.3) is 0 Å². The zero-order valence-electron chi connectivity index (χ0n) is 14.5. The van der Waals surface area contributed by atoms with Crippen molar-refractivity contribution in [3.05, 3.63) is 105 Å². The van der Waals surface area contributed by atoms with Gasteiger partial charge in [-0.25, -0.2) is 0 Å². The van der Waals surface area contributed by atoms with Crippen molar-refractivity contribution < 1.29 is 14.4 Å². The summed E-state index contributed by atoms with van der Waals surface area (Å²) >= 11 is 3.36. The Bertz CT molecular complexity index is 1320. The third-order valence-corrected chi connectivity index (χ3v) is 5.56. The van der Waals surface area contributed by atoms with Gasteiger partial charge in [-0.3, -0.25) is 14.4 Å². The fourth-order valence-electron chi connectivity index (χ4n) is 3.66. The van der Waals surface area contributed by atoms with Crippen LogP contribution in [0.25, 0.3) is 10.9 Å². The topological polar surface area (TPSA) is 67.0 Å². The number of carbonyl (C=O) groups excluding carboxylic acids is 3. The van der Waals surface area contributed by atoms with Gasteiger partial charge in [0.2, 0.25) is 5.78 Å². The largest absolute Gasteiger partial charge is 0.351 e. The second-order valence-corrected chi connectivity index (χ2v) is 7.59. The molecule has 0 bridgehead atoms. The third-order valence-electron chi connectivity index (χ3n) is 5.04. The molecule has 4 aromatic rings. The Balaban J connectivity index is 1.68. The van der Waals surface area contributed by atoms with Gasteiger partial charge in [0.1, 0.15) is 0 Å². The van der Waals surface area contributed by atoms with Crippen molar-refractivity contribution in [3.8, 4) is 0 Å². The van der Waals surface area contributed by atoms with E-state index in [0.29, 0.717) is 39.0 Å². The number of halogens is 1. The predicted molar refractivity (Wildman–Crippen MR) is 109 cm³/mol. The van der Waals surface area contributed by atoms with E-state index < -0.39 is 0 Å². The smallest absolute Gasteiger partial charge is 0.209 e. The van der Waals surface area contributed by atoms with Crippen LogP contribution in [-0.2, 0) is 0 Å². The fraction of sp³-hybridized carbons (Fsp3) is 0. The Morgan fingerprint density at radius 1 is 0.786 bits per heavy atom. The molecule has 1 aliphatic rings. The van der Waals surface area contributed by atoms with E-state index in [-0.39, 0.29) is 17.3 Å². The summed E-state index contributed by atoms with van der Waals surface area (Å²) in [6, 6.07) is 19.0. The standard InChI is InChI=1S/C23H12BrNO3/c24-14-8-5-12(6-9-14)21(26)18-11-13-7-10-17-19(20(13)25-18)23(28)16-4-2-1-3-15(16)22(17)27/h1-11,25H. The van der Waals surface area contributed by atoms with Crippen LogP contribution in [0.3, 0.4) is 0 Å². The summed E-state index contributed by atoms with van der Waals surface area (Å²) < 4.78 is 0.887. The minimum absolute atomic E-state index is 0.174. The fourth-order valence-corrected chi connectivity index (χ4v) is 3.93. The molecule has 0 spiro atoms. The molecular weight excluding hydrogens is 418 g/mol. The summed E-state index contributed by atoms with van der Waals surface area (Å²) in [5, 5.41) is 0.722. The van der Waals surface area contributed by atoms with Crippen molar-refractivity contribution in [2.45, 2.75) is 0 Å². The average Bonchev–Trinajstić information content (AvgIpc) is 3.16.